The number of hydrogen-bond acceptors (Lipinski definition) is 2. The van der Waals surface area contributed by atoms with Crippen molar-refractivity contribution in [2.45, 2.75) is 6.42 Å². The van der Waals surface area contributed by atoms with Crippen LogP contribution in [0.1, 0.15) is 5.82 Å². The molecule has 0 aliphatic carbocycles. The number of aryl methyl sites for hydroxylation is 1. The Bertz CT molecular complexity index is 513. The van der Waals surface area contributed by atoms with Gasteiger partial charge < -0.3 is 9.30 Å². The second kappa shape index (κ2) is 5.56. The lowest BCUT2D eigenvalue weighted by Crippen LogP contribution is -2.06. The summed E-state index contributed by atoms with van der Waals surface area (Å²) in [6.45, 7) is 0.557. The summed E-state index contributed by atoms with van der Waals surface area (Å²) in [5.41, 5.74) is 0. The lowest BCUT2D eigenvalue weighted by Gasteiger charge is -2.08. The van der Waals surface area contributed by atoms with Crippen LogP contribution in [-0.2, 0) is 13.5 Å². The molecule has 0 aliphatic rings. The average Bonchev–Trinajstić information content (AvgIpc) is 2.70. The zero-order chi connectivity index (χ0) is 12.3. The summed E-state index contributed by atoms with van der Waals surface area (Å²) in [6.07, 6.45) is 4.45. The molecule has 90 valence electrons. The van der Waals surface area contributed by atoms with Gasteiger partial charge in [-0.15, -0.1) is 0 Å². The SMILES string of the molecule is Cn1ccnc1CCOc1cc(Br)ccc1Cl. The maximum absolute atomic E-state index is 6.02. The van der Waals surface area contributed by atoms with Gasteiger partial charge in [-0.2, -0.15) is 0 Å². The predicted molar refractivity (Wildman–Crippen MR) is 71.6 cm³/mol. The Balaban J connectivity index is 1.94. The monoisotopic (exact) mass is 314 g/mol. The van der Waals surface area contributed by atoms with Crippen LogP contribution >= 0.6 is 27.5 Å². The largest absolute Gasteiger partial charge is 0.492 e. The third kappa shape index (κ3) is 3.23. The van der Waals surface area contributed by atoms with E-state index in [9.17, 15) is 0 Å². The number of ether oxygens (including phenoxy) is 1. The standard InChI is InChI=1S/C12H12BrClN2O/c1-16-6-5-15-12(16)4-7-17-11-8-9(13)2-3-10(11)14/h2-3,5-6,8H,4,7H2,1H3. The van der Waals surface area contributed by atoms with E-state index in [2.05, 4.69) is 20.9 Å². The summed E-state index contributed by atoms with van der Waals surface area (Å²) in [5.74, 6) is 1.69. The molecule has 2 rings (SSSR count). The van der Waals surface area contributed by atoms with E-state index < -0.39 is 0 Å². The molecule has 1 aromatic heterocycles. The number of nitrogens with zero attached hydrogens (tertiary/aromatic N) is 2. The van der Waals surface area contributed by atoms with E-state index in [-0.39, 0.29) is 0 Å². The second-order valence-corrected chi connectivity index (χ2v) is 4.95. The summed E-state index contributed by atoms with van der Waals surface area (Å²) < 4.78 is 8.56. The molecule has 2 aromatic rings. The first kappa shape index (κ1) is 12.5. The summed E-state index contributed by atoms with van der Waals surface area (Å²) in [4.78, 5) is 4.23. The highest BCUT2D eigenvalue weighted by molar-refractivity contribution is 9.10. The Morgan fingerprint density at radius 3 is 3.00 bits per heavy atom. The van der Waals surface area contributed by atoms with Crippen LogP contribution < -0.4 is 4.74 Å². The van der Waals surface area contributed by atoms with Crippen LogP contribution in [0.25, 0.3) is 0 Å². The first-order valence-electron chi connectivity index (χ1n) is 5.21. The van der Waals surface area contributed by atoms with Gasteiger partial charge in [0.2, 0.25) is 0 Å². The van der Waals surface area contributed by atoms with E-state index in [4.69, 9.17) is 16.3 Å². The Hall–Kier alpha value is -1.000. The third-order valence-electron chi connectivity index (χ3n) is 2.40. The topological polar surface area (TPSA) is 27.1 Å². The number of halogens is 2. The molecule has 5 heteroatoms. The van der Waals surface area contributed by atoms with E-state index in [0.29, 0.717) is 17.4 Å². The van der Waals surface area contributed by atoms with Gasteiger partial charge in [0.1, 0.15) is 11.6 Å². The van der Waals surface area contributed by atoms with Crippen molar-refractivity contribution in [1.82, 2.24) is 9.55 Å². The minimum absolute atomic E-state index is 0.557. The normalized spacial score (nSPS) is 10.5. The molecule has 0 N–H and O–H groups in total. The highest BCUT2D eigenvalue weighted by Crippen LogP contribution is 2.27. The summed E-state index contributed by atoms with van der Waals surface area (Å²) in [7, 11) is 1.97. The van der Waals surface area contributed by atoms with Gasteiger partial charge in [0, 0.05) is 30.3 Å². The van der Waals surface area contributed by atoms with Gasteiger partial charge >= 0.3 is 0 Å². The van der Waals surface area contributed by atoms with Gasteiger partial charge in [0.25, 0.3) is 0 Å². The van der Waals surface area contributed by atoms with Crippen molar-refractivity contribution in [2.24, 2.45) is 7.05 Å². The van der Waals surface area contributed by atoms with Crippen molar-refractivity contribution in [3.63, 3.8) is 0 Å². The lowest BCUT2D eigenvalue weighted by molar-refractivity contribution is 0.317. The van der Waals surface area contributed by atoms with Crippen molar-refractivity contribution >= 4 is 27.5 Å². The number of imidazole rings is 1. The van der Waals surface area contributed by atoms with E-state index in [1.165, 1.54) is 0 Å². The van der Waals surface area contributed by atoms with Gasteiger partial charge in [-0.1, -0.05) is 27.5 Å². The Morgan fingerprint density at radius 2 is 2.29 bits per heavy atom. The maximum atomic E-state index is 6.02. The van der Waals surface area contributed by atoms with Crippen LogP contribution in [0.3, 0.4) is 0 Å². The van der Waals surface area contributed by atoms with Gasteiger partial charge in [-0.3, -0.25) is 0 Å². The average molecular weight is 316 g/mol. The molecule has 0 aliphatic heterocycles. The molecule has 0 spiro atoms. The quantitative estimate of drug-likeness (QED) is 0.864. The van der Waals surface area contributed by atoms with Crippen molar-refractivity contribution in [1.29, 1.82) is 0 Å². The fourth-order valence-electron chi connectivity index (χ4n) is 1.48. The van der Waals surface area contributed by atoms with Gasteiger partial charge in [0.05, 0.1) is 11.6 Å². The van der Waals surface area contributed by atoms with E-state index in [0.717, 1.165) is 16.7 Å². The summed E-state index contributed by atoms with van der Waals surface area (Å²) >= 11 is 9.40. The molecule has 1 aromatic carbocycles. The van der Waals surface area contributed by atoms with Crippen LogP contribution in [-0.4, -0.2) is 16.2 Å². The van der Waals surface area contributed by atoms with Crippen molar-refractivity contribution in [3.05, 3.63) is 45.9 Å². The molecular weight excluding hydrogens is 304 g/mol. The zero-order valence-corrected chi connectivity index (χ0v) is 11.7. The maximum Gasteiger partial charge on any atom is 0.139 e. The van der Waals surface area contributed by atoms with E-state index in [1.54, 1.807) is 6.20 Å². The molecule has 0 fully saturated rings. The Labute approximate surface area is 114 Å². The number of rotatable bonds is 4. The lowest BCUT2D eigenvalue weighted by atomic mass is 10.3. The Kier molecular flexibility index (Phi) is 4.07. The van der Waals surface area contributed by atoms with Crippen LogP contribution in [0.2, 0.25) is 5.02 Å². The number of benzene rings is 1. The van der Waals surface area contributed by atoms with Gasteiger partial charge in [0.15, 0.2) is 0 Å². The molecule has 0 amide bonds. The highest BCUT2D eigenvalue weighted by atomic mass is 79.9. The van der Waals surface area contributed by atoms with E-state index in [1.807, 2.05) is 36.0 Å². The molecular formula is C12H12BrClN2O. The fraction of sp³-hybridized carbons (Fsp3) is 0.250. The molecule has 0 atom stereocenters. The molecule has 0 saturated carbocycles. The first-order chi connectivity index (χ1) is 8.16. The first-order valence-corrected chi connectivity index (χ1v) is 6.38. The van der Waals surface area contributed by atoms with Crippen LogP contribution in [0.4, 0.5) is 0 Å². The smallest absolute Gasteiger partial charge is 0.139 e. The number of hydrogen-bond donors (Lipinski definition) is 0. The molecule has 17 heavy (non-hydrogen) atoms. The van der Waals surface area contributed by atoms with Gasteiger partial charge in [-0.05, 0) is 18.2 Å². The van der Waals surface area contributed by atoms with Gasteiger partial charge in [-0.25, -0.2) is 4.98 Å². The third-order valence-corrected chi connectivity index (χ3v) is 3.20. The second-order valence-electron chi connectivity index (χ2n) is 3.63. The molecule has 0 radical (unpaired) electrons. The zero-order valence-electron chi connectivity index (χ0n) is 9.36. The number of aromatic nitrogens is 2. The van der Waals surface area contributed by atoms with Crippen LogP contribution in [0.15, 0.2) is 35.1 Å². The van der Waals surface area contributed by atoms with Crippen molar-refractivity contribution in [3.8, 4) is 5.75 Å². The fourth-order valence-corrected chi connectivity index (χ4v) is 1.99. The highest BCUT2D eigenvalue weighted by Gasteiger charge is 2.04. The summed E-state index contributed by atoms with van der Waals surface area (Å²) in [6, 6.07) is 5.55. The minimum Gasteiger partial charge on any atom is -0.492 e. The molecule has 0 bridgehead atoms. The van der Waals surface area contributed by atoms with Crippen LogP contribution in [0.5, 0.6) is 5.75 Å². The van der Waals surface area contributed by atoms with Crippen molar-refractivity contribution in [2.75, 3.05) is 6.61 Å². The molecule has 0 saturated heterocycles. The molecule has 1 heterocycles. The minimum atomic E-state index is 0.557. The molecule has 0 unspecified atom stereocenters. The van der Waals surface area contributed by atoms with Crippen LogP contribution in [0, 0.1) is 0 Å². The summed E-state index contributed by atoms with van der Waals surface area (Å²) in [5, 5.41) is 0.619. The van der Waals surface area contributed by atoms with E-state index >= 15 is 0 Å². The predicted octanol–water partition coefficient (Wildman–Crippen LogP) is 3.46. The Morgan fingerprint density at radius 1 is 1.47 bits per heavy atom. The molecule has 3 nitrogen and oxygen atoms in total. The van der Waals surface area contributed by atoms with Crippen molar-refractivity contribution < 1.29 is 4.74 Å².